The second kappa shape index (κ2) is 3.03. The van der Waals surface area contributed by atoms with Crippen LogP contribution in [0.4, 0.5) is 0 Å². The molecule has 0 bridgehead atoms. The van der Waals surface area contributed by atoms with Gasteiger partial charge >= 0.3 is 0 Å². The number of hydrogen-bond donors (Lipinski definition) is 1. The first kappa shape index (κ1) is 9.10. The number of aromatic nitrogens is 4. The summed E-state index contributed by atoms with van der Waals surface area (Å²) in [5.74, 6) is 0.541. The van der Waals surface area contributed by atoms with Gasteiger partial charge in [0.15, 0.2) is 0 Å². The summed E-state index contributed by atoms with van der Waals surface area (Å²) in [5, 5.41) is 8.11. The number of nitrogens with one attached hydrogen (secondary N) is 1. The van der Waals surface area contributed by atoms with Crippen molar-refractivity contribution in [3.05, 3.63) is 29.7 Å². The molecule has 3 aromatic rings. The van der Waals surface area contributed by atoms with E-state index in [0.29, 0.717) is 5.92 Å². The van der Waals surface area contributed by atoms with Crippen LogP contribution in [-0.4, -0.2) is 20.2 Å². The van der Waals surface area contributed by atoms with Gasteiger partial charge in [-0.25, -0.2) is 9.97 Å². The van der Waals surface area contributed by atoms with E-state index < -0.39 is 0 Å². The molecule has 0 saturated carbocycles. The van der Waals surface area contributed by atoms with E-state index in [1.165, 1.54) is 17.8 Å². The van der Waals surface area contributed by atoms with E-state index in [4.69, 9.17) is 9.97 Å². The smallest absolute Gasteiger partial charge is 0.0912 e. The van der Waals surface area contributed by atoms with Crippen molar-refractivity contribution in [2.45, 2.75) is 25.7 Å². The minimum Gasteiger partial charge on any atom is -0.278 e. The van der Waals surface area contributed by atoms with Gasteiger partial charge in [0.25, 0.3) is 0 Å². The van der Waals surface area contributed by atoms with Crippen LogP contribution in [0.15, 0.2) is 18.3 Å². The van der Waals surface area contributed by atoms with Crippen molar-refractivity contribution in [2.75, 3.05) is 0 Å². The Hall–Kier alpha value is -1.97. The average molecular weight is 224 g/mol. The molecule has 1 N–H and O–H groups in total. The van der Waals surface area contributed by atoms with Gasteiger partial charge in [-0.15, -0.1) is 0 Å². The predicted octanol–water partition coefficient (Wildman–Crippen LogP) is 2.56. The second-order valence-electron chi connectivity index (χ2n) is 4.79. The molecule has 17 heavy (non-hydrogen) atoms. The van der Waals surface area contributed by atoms with E-state index >= 15 is 0 Å². The first-order valence-electron chi connectivity index (χ1n) is 5.95. The predicted molar refractivity (Wildman–Crippen MR) is 65.9 cm³/mol. The second-order valence-corrected chi connectivity index (χ2v) is 4.79. The normalized spacial score (nSPS) is 19.0. The van der Waals surface area contributed by atoms with Crippen LogP contribution >= 0.6 is 0 Å². The Morgan fingerprint density at radius 3 is 3.06 bits per heavy atom. The van der Waals surface area contributed by atoms with E-state index in [0.717, 1.165) is 28.4 Å². The van der Waals surface area contributed by atoms with Crippen molar-refractivity contribution < 1.29 is 0 Å². The zero-order chi connectivity index (χ0) is 11.4. The number of fused-ring (bicyclic) bond motifs is 3. The molecule has 0 amide bonds. The summed E-state index contributed by atoms with van der Waals surface area (Å²) in [6.45, 7) is 2.22. The highest BCUT2D eigenvalue weighted by molar-refractivity contribution is 5.92. The molecule has 1 unspecified atom stereocenters. The fourth-order valence-corrected chi connectivity index (χ4v) is 2.61. The van der Waals surface area contributed by atoms with Gasteiger partial charge < -0.3 is 0 Å². The molecular formula is C13H12N4. The van der Waals surface area contributed by atoms with E-state index in [1.54, 1.807) is 0 Å². The van der Waals surface area contributed by atoms with Gasteiger partial charge in [-0.2, -0.15) is 5.10 Å². The molecule has 0 spiro atoms. The molecular weight excluding hydrogens is 212 g/mol. The molecule has 1 aliphatic carbocycles. The average Bonchev–Trinajstić information content (AvgIpc) is 2.91. The van der Waals surface area contributed by atoms with E-state index in [-0.39, 0.29) is 0 Å². The third-order valence-electron chi connectivity index (χ3n) is 3.61. The molecule has 1 aliphatic rings. The van der Waals surface area contributed by atoms with Gasteiger partial charge in [0.2, 0.25) is 0 Å². The third-order valence-corrected chi connectivity index (χ3v) is 3.61. The van der Waals surface area contributed by atoms with Crippen molar-refractivity contribution >= 4 is 21.9 Å². The summed E-state index contributed by atoms with van der Waals surface area (Å²) in [4.78, 5) is 9.49. The van der Waals surface area contributed by atoms with Gasteiger partial charge in [0.1, 0.15) is 0 Å². The quantitative estimate of drug-likeness (QED) is 0.638. The molecule has 0 aliphatic heterocycles. The molecule has 1 atom stereocenters. The van der Waals surface area contributed by atoms with Crippen molar-refractivity contribution in [2.24, 2.45) is 0 Å². The maximum atomic E-state index is 4.76. The van der Waals surface area contributed by atoms with Crippen LogP contribution in [0.25, 0.3) is 21.9 Å². The Kier molecular flexibility index (Phi) is 1.62. The van der Waals surface area contributed by atoms with Gasteiger partial charge in [-0.3, -0.25) is 5.10 Å². The van der Waals surface area contributed by atoms with Crippen LogP contribution in [0, 0.1) is 0 Å². The molecule has 84 valence electrons. The standard InChI is InChI=1S/C13H12N4/c1-7-2-3-9-13(7)16-12-5-10-8(6-14-17-10)4-11(12)15-9/h4-7H,2-3H2,1H3,(H,14,17). The molecule has 0 saturated heterocycles. The minimum absolute atomic E-state index is 0.541. The monoisotopic (exact) mass is 224 g/mol. The third kappa shape index (κ3) is 1.21. The molecule has 0 fully saturated rings. The molecule has 1 aromatic carbocycles. The summed E-state index contributed by atoms with van der Waals surface area (Å²) >= 11 is 0. The molecule has 4 nitrogen and oxygen atoms in total. The van der Waals surface area contributed by atoms with Crippen LogP contribution in [-0.2, 0) is 6.42 Å². The lowest BCUT2D eigenvalue weighted by atomic mass is 10.1. The Balaban J connectivity index is 2.10. The molecule has 2 heterocycles. The fourth-order valence-electron chi connectivity index (χ4n) is 2.61. The van der Waals surface area contributed by atoms with E-state index in [2.05, 4.69) is 23.2 Å². The van der Waals surface area contributed by atoms with Crippen LogP contribution in [0.3, 0.4) is 0 Å². The summed E-state index contributed by atoms with van der Waals surface area (Å²) in [5.41, 5.74) is 5.32. The van der Waals surface area contributed by atoms with Crippen molar-refractivity contribution in [3.8, 4) is 0 Å². The van der Waals surface area contributed by atoms with Crippen molar-refractivity contribution in [1.29, 1.82) is 0 Å². The lowest BCUT2D eigenvalue weighted by molar-refractivity contribution is 0.732. The zero-order valence-electron chi connectivity index (χ0n) is 9.57. The number of hydrogen-bond acceptors (Lipinski definition) is 3. The van der Waals surface area contributed by atoms with Crippen LogP contribution in [0.5, 0.6) is 0 Å². The summed E-state index contributed by atoms with van der Waals surface area (Å²) in [6.07, 6.45) is 4.06. The maximum absolute atomic E-state index is 4.76. The maximum Gasteiger partial charge on any atom is 0.0912 e. The molecule has 4 rings (SSSR count). The van der Waals surface area contributed by atoms with Crippen LogP contribution in [0.2, 0.25) is 0 Å². The fraction of sp³-hybridized carbons (Fsp3) is 0.308. The Bertz CT molecular complexity index is 729. The lowest BCUT2D eigenvalue weighted by Crippen LogP contribution is -1.96. The van der Waals surface area contributed by atoms with Crippen LogP contribution in [0.1, 0.15) is 30.7 Å². The first-order valence-corrected chi connectivity index (χ1v) is 5.95. The van der Waals surface area contributed by atoms with Gasteiger partial charge in [0, 0.05) is 11.3 Å². The minimum atomic E-state index is 0.541. The SMILES string of the molecule is CC1CCc2nc3cc4cn[nH]c4cc3nc21. The highest BCUT2D eigenvalue weighted by Gasteiger charge is 2.22. The van der Waals surface area contributed by atoms with Gasteiger partial charge in [0.05, 0.1) is 34.1 Å². The zero-order valence-corrected chi connectivity index (χ0v) is 9.57. The lowest BCUT2D eigenvalue weighted by Gasteiger charge is -2.04. The summed E-state index contributed by atoms with van der Waals surface area (Å²) in [7, 11) is 0. The number of nitrogens with zero attached hydrogens (tertiary/aromatic N) is 3. The van der Waals surface area contributed by atoms with Crippen molar-refractivity contribution in [3.63, 3.8) is 0 Å². The van der Waals surface area contributed by atoms with E-state index in [9.17, 15) is 0 Å². The number of aromatic amines is 1. The van der Waals surface area contributed by atoms with Gasteiger partial charge in [-0.05, 0) is 25.0 Å². The highest BCUT2D eigenvalue weighted by Crippen LogP contribution is 2.31. The van der Waals surface area contributed by atoms with Gasteiger partial charge in [-0.1, -0.05) is 6.92 Å². The Morgan fingerprint density at radius 2 is 2.12 bits per heavy atom. The molecule has 2 aromatic heterocycles. The summed E-state index contributed by atoms with van der Waals surface area (Å²) < 4.78 is 0. The summed E-state index contributed by atoms with van der Waals surface area (Å²) in [6, 6.07) is 4.10. The molecule has 4 heteroatoms. The highest BCUT2D eigenvalue weighted by atomic mass is 15.1. The Labute approximate surface area is 98.1 Å². The topological polar surface area (TPSA) is 54.5 Å². The van der Waals surface area contributed by atoms with Crippen molar-refractivity contribution in [1.82, 2.24) is 20.2 Å². The number of aryl methyl sites for hydroxylation is 1. The molecule has 0 radical (unpaired) electrons. The van der Waals surface area contributed by atoms with Crippen LogP contribution < -0.4 is 0 Å². The number of H-pyrrole nitrogens is 1. The van der Waals surface area contributed by atoms with E-state index in [1.807, 2.05) is 12.3 Å². The number of rotatable bonds is 0. The first-order chi connectivity index (χ1) is 8.31. The number of benzene rings is 1. The largest absolute Gasteiger partial charge is 0.278 e. The Morgan fingerprint density at radius 1 is 1.24 bits per heavy atom.